The van der Waals surface area contributed by atoms with E-state index in [0.717, 1.165) is 55.4 Å². The van der Waals surface area contributed by atoms with Crippen molar-refractivity contribution in [2.75, 3.05) is 59.6 Å². The summed E-state index contributed by atoms with van der Waals surface area (Å²) in [6.07, 6.45) is 4.38. The molecule has 0 aromatic heterocycles. The number of aliphatic imine (C=N–C) groups is 1. The van der Waals surface area contributed by atoms with Gasteiger partial charge in [0.15, 0.2) is 5.96 Å². The number of thioether (sulfide) groups is 1. The van der Waals surface area contributed by atoms with Crippen LogP contribution < -0.4 is 10.6 Å². The number of hydrogen-bond acceptors (Lipinski definition) is 4. The van der Waals surface area contributed by atoms with E-state index in [-0.39, 0.29) is 29.8 Å². The van der Waals surface area contributed by atoms with Gasteiger partial charge in [-0.15, -0.1) is 24.0 Å². The van der Waals surface area contributed by atoms with Crippen LogP contribution in [0.2, 0.25) is 0 Å². The van der Waals surface area contributed by atoms with Crippen LogP contribution in [0.1, 0.15) is 24.0 Å². The number of likely N-dealkylation sites (N-methyl/N-ethyl adjacent to an activating group) is 1. The van der Waals surface area contributed by atoms with Crippen LogP contribution in [-0.2, 0) is 12.3 Å². The highest BCUT2D eigenvalue weighted by Gasteiger charge is 2.11. The Morgan fingerprint density at radius 2 is 2.00 bits per heavy atom. The Morgan fingerprint density at radius 1 is 1.18 bits per heavy atom. The Labute approximate surface area is 190 Å². The Bertz CT molecular complexity index is 602. The quantitative estimate of drug-likeness (QED) is 0.238. The smallest absolute Gasteiger partial charge is 0.191 e. The molecule has 0 unspecified atom stereocenters. The summed E-state index contributed by atoms with van der Waals surface area (Å²) in [6.45, 7) is 7.38. The van der Waals surface area contributed by atoms with Gasteiger partial charge in [-0.2, -0.15) is 11.8 Å². The van der Waals surface area contributed by atoms with Crippen molar-refractivity contribution in [2.24, 2.45) is 4.99 Å². The van der Waals surface area contributed by atoms with Gasteiger partial charge < -0.3 is 20.4 Å². The standard InChI is InChI=1S/C20H34FN5S.HI/c1-22-20(23-8-4-10-26-11-5-9-25(2)12-13-26)24-15-17-6-7-19(21)14-18(17)16-27-3;/h6-7,14H,4-5,8-13,15-16H2,1-3H3,(H2,22,23,24);1H. The van der Waals surface area contributed by atoms with Gasteiger partial charge in [0.05, 0.1) is 0 Å². The molecule has 1 aliphatic rings. The fourth-order valence-electron chi connectivity index (χ4n) is 3.29. The molecule has 1 heterocycles. The minimum absolute atomic E-state index is 0. The second-order valence-electron chi connectivity index (χ2n) is 7.05. The molecule has 1 fully saturated rings. The van der Waals surface area contributed by atoms with Crippen molar-refractivity contribution in [1.82, 2.24) is 20.4 Å². The molecule has 0 bridgehead atoms. The number of nitrogens with one attached hydrogen (secondary N) is 2. The van der Waals surface area contributed by atoms with Crippen LogP contribution in [0, 0.1) is 5.82 Å². The van der Waals surface area contributed by atoms with Crippen LogP contribution in [-0.4, -0.2) is 75.4 Å². The number of hydrogen-bond donors (Lipinski definition) is 2. The van der Waals surface area contributed by atoms with E-state index in [9.17, 15) is 4.39 Å². The first-order valence-corrected chi connectivity index (χ1v) is 11.1. The summed E-state index contributed by atoms with van der Waals surface area (Å²) < 4.78 is 13.5. The molecule has 1 aliphatic heterocycles. The number of nitrogens with zero attached hydrogens (tertiary/aromatic N) is 3. The zero-order chi connectivity index (χ0) is 19.5. The monoisotopic (exact) mass is 523 g/mol. The molecule has 160 valence electrons. The van der Waals surface area contributed by atoms with E-state index in [2.05, 4.69) is 32.5 Å². The summed E-state index contributed by atoms with van der Waals surface area (Å²) in [4.78, 5) is 9.26. The van der Waals surface area contributed by atoms with Gasteiger partial charge in [-0.1, -0.05) is 6.07 Å². The summed E-state index contributed by atoms with van der Waals surface area (Å²) in [5.41, 5.74) is 2.15. The summed E-state index contributed by atoms with van der Waals surface area (Å²) >= 11 is 1.70. The van der Waals surface area contributed by atoms with Gasteiger partial charge in [0.25, 0.3) is 0 Å². The Hall–Kier alpha value is -0.580. The van der Waals surface area contributed by atoms with Crippen molar-refractivity contribution < 1.29 is 4.39 Å². The van der Waals surface area contributed by atoms with Crippen molar-refractivity contribution in [3.8, 4) is 0 Å². The molecular formula is C20H35FIN5S. The van der Waals surface area contributed by atoms with Gasteiger partial charge in [0.1, 0.15) is 5.82 Å². The normalized spacial score (nSPS) is 16.4. The van der Waals surface area contributed by atoms with Crippen LogP contribution >= 0.6 is 35.7 Å². The molecule has 1 saturated heterocycles. The third kappa shape index (κ3) is 9.28. The van der Waals surface area contributed by atoms with E-state index in [4.69, 9.17) is 0 Å². The van der Waals surface area contributed by atoms with Crippen molar-refractivity contribution in [3.05, 3.63) is 35.1 Å². The molecule has 5 nitrogen and oxygen atoms in total. The van der Waals surface area contributed by atoms with Crippen LogP contribution in [0.4, 0.5) is 4.39 Å². The van der Waals surface area contributed by atoms with Crippen LogP contribution in [0.5, 0.6) is 0 Å². The van der Waals surface area contributed by atoms with Crippen molar-refractivity contribution in [2.45, 2.75) is 25.1 Å². The van der Waals surface area contributed by atoms with E-state index in [1.807, 2.05) is 12.3 Å². The maximum absolute atomic E-state index is 13.5. The van der Waals surface area contributed by atoms with Gasteiger partial charge in [-0.3, -0.25) is 4.99 Å². The predicted octanol–water partition coefficient (Wildman–Crippen LogP) is 3.00. The first-order chi connectivity index (χ1) is 13.1. The zero-order valence-electron chi connectivity index (χ0n) is 17.3. The lowest BCUT2D eigenvalue weighted by atomic mass is 10.1. The van der Waals surface area contributed by atoms with Crippen LogP contribution in [0.25, 0.3) is 0 Å². The lowest BCUT2D eigenvalue weighted by molar-refractivity contribution is 0.274. The van der Waals surface area contributed by atoms with Gasteiger partial charge in [0, 0.05) is 39.0 Å². The highest BCUT2D eigenvalue weighted by atomic mass is 127. The van der Waals surface area contributed by atoms with Crippen LogP contribution in [0.15, 0.2) is 23.2 Å². The highest BCUT2D eigenvalue weighted by molar-refractivity contribution is 14.0. The minimum atomic E-state index is -0.176. The fourth-order valence-corrected chi connectivity index (χ4v) is 3.87. The third-order valence-corrected chi connectivity index (χ3v) is 5.49. The molecular weight excluding hydrogens is 488 g/mol. The number of halogens is 2. The largest absolute Gasteiger partial charge is 0.356 e. The molecule has 2 N–H and O–H groups in total. The second kappa shape index (κ2) is 14.4. The maximum Gasteiger partial charge on any atom is 0.191 e. The van der Waals surface area contributed by atoms with Gasteiger partial charge in [-0.25, -0.2) is 4.39 Å². The second-order valence-corrected chi connectivity index (χ2v) is 7.92. The van der Waals surface area contributed by atoms with Crippen molar-refractivity contribution in [1.29, 1.82) is 0 Å². The van der Waals surface area contributed by atoms with Crippen molar-refractivity contribution >= 4 is 41.7 Å². The van der Waals surface area contributed by atoms with E-state index < -0.39 is 0 Å². The average Bonchev–Trinajstić information content (AvgIpc) is 2.87. The Balaban J connectivity index is 0.00000392. The summed E-state index contributed by atoms with van der Waals surface area (Å²) in [7, 11) is 3.99. The third-order valence-electron chi connectivity index (χ3n) is 4.89. The lowest BCUT2D eigenvalue weighted by Gasteiger charge is -2.20. The average molecular weight is 524 g/mol. The first-order valence-electron chi connectivity index (χ1n) is 9.74. The minimum Gasteiger partial charge on any atom is -0.356 e. The molecule has 1 aromatic rings. The highest BCUT2D eigenvalue weighted by Crippen LogP contribution is 2.16. The summed E-state index contributed by atoms with van der Waals surface area (Å²) in [5.74, 6) is 1.43. The lowest BCUT2D eigenvalue weighted by Crippen LogP contribution is -2.39. The van der Waals surface area contributed by atoms with Crippen molar-refractivity contribution in [3.63, 3.8) is 0 Å². The number of guanidine groups is 1. The topological polar surface area (TPSA) is 42.9 Å². The van der Waals surface area contributed by atoms with Gasteiger partial charge in [-0.05, 0) is 69.0 Å². The predicted molar refractivity (Wildman–Crippen MR) is 130 cm³/mol. The van der Waals surface area contributed by atoms with E-state index >= 15 is 0 Å². The SMILES string of the molecule is CN=C(NCCCN1CCCN(C)CC1)NCc1ccc(F)cc1CSC.I. The molecule has 0 spiro atoms. The molecule has 0 amide bonds. The maximum atomic E-state index is 13.5. The number of rotatable bonds is 8. The molecule has 0 saturated carbocycles. The van der Waals surface area contributed by atoms with E-state index in [1.165, 1.54) is 25.6 Å². The molecule has 0 atom stereocenters. The van der Waals surface area contributed by atoms with E-state index in [1.54, 1.807) is 24.9 Å². The Morgan fingerprint density at radius 3 is 2.75 bits per heavy atom. The van der Waals surface area contributed by atoms with Gasteiger partial charge in [0.2, 0.25) is 0 Å². The van der Waals surface area contributed by atoms with Gasteiger partial charge >= 0.3 is 0 Å². The molecule has 28 heavy (non-hydrogen) atoms. The molecule has 0 radical (unpaired) electrons. The fraction of sp³-hybridized carbons (Fsp3) is 0.650. The van der Waals surface area contributed by atoms with Crippen LogP contribution in [0.3, 0.4) is 0 Å². The number of benzene rings is 1. The summed E-state index contributed by atoms with van der Waals surface area (Å²) in [6, 6.07) is 5.01. The molecule has 0 aliphatic carbocycles. The molecule has 2 rings (SSSR count). The Kier molecular flexibility index (Phi) is 13.1. The zero-order valence-corrected chi connectivity index (χ0v) is 20.5. The first kappa shape index (κ1) is 25.5. The van der Waals surface area contributed by atoms with E-state index in [0.29, 0.717) is 6.54 Å². The molecule has 8 heteroatoms. The summed E-state index contributed by atoms with van der Waals surface area (Å²) in [5, 5.41) is 6.73. The molecule has 1 aromatic carbocycles.